The van der Waals surface area contributed by atoms with Crippen LogP contribution >= 0.6 is 0 Å². The Morgan fingerprint density at radius 1 is 1.26 bits per heavy atom. The molecule has 1 heterocycles. The molecule has 4 atom stereocenters. The predicted molar refractivity (Wildman–Crippen MR) is 75.8 cm³/mol. The van der Waals surface area contributed by atoms with E-state index in [4.69, 9.17) is 0 Å². The fourth-order valence-electron chi connectivity index (χ4n) is 3.33. The third-order valence-electron chi connectivity index (χ3n) is 4.79. The van der Waals surface area contributed by atoms with Crippen LogP contribution in [-0.4, -0.2) is 47.2 Å². The lowest BCUT2D eigenvalue weighted by Gasteiger charge is -2.36. The topological polar surface area (TPSA) is 52.6 Å². The van der Waals surface area contributed by atoms with Gasteiger partial charge in [0.15, 0.2) is 0 Å². The SMILES string of the molecule is CC1CCCCC1NC(=O)C(C)N1CCCC(O)C1. The Kier molecular flexibility index (Phi) is 5.22. The van der Waals surface area contributed by atoms with E-state index in [1.165, 1.54) is 19.3 Å². The van der Waals surface area contributed by atoms with Crippen molar-refractivity contribution in [3.05, 3.63) is 0 Å². The highest BCUT2D eigenvalue weighted by Gasteiger charge is 2.29. The minimum absolute atomic E-state index is 0.121. The molecule has 4 heteroatoms. The van der Waals surface area contributed by atoms with Crippen molar-refractivity contribution < 1.29 is 9.90 Å². The summed E-state index contributed by atoms with van der Waals surface area (Å²) in [4.78, 5) is 14.4. The minimum Gasteiger partial charge on any atom is -0.392 e. The Balaban J connectivity index is 1.84. The second-order valence-electron chi connectivity index (χ2n) is 6.34. The van der Waals surface area contributed by atoms with Gasteiger partial charge in [-0.3, -0.25) is 9.69 Å². The van der Waals surface area contributed by atoms with E-state index < -0.39 is 0 Å². The van der Waals surface area contributed by atoms with E-state index >= 15 is 0 Å². The molecule has 110 valence electrons. The van der Waals surface area contributed by atoms with Crippen molar-refractivity contribution in [3.8, 4) is 0 Å². The molecule has 0 aromatic heterocycles. The van der Waals surface area contributed by atoms with Gasteiger partial charge in [-0.25, -0.2) is 0 Å². The molecule has 1 aliphatic heterocycles. The van der Waals surface area contributed by atoms with Crippen molar-refractivity contribution in [1.29, 1.82) is 0 Å². The zero-order valence-electron chi connectivity index (χ0n) is 12.3. The average molecular weight is 268 g/mol. The summed E-state index contributed by atoms with van der Waals surface area (Å²) < 4.78 is 0. The molecule has 4 nitrogen and oxygen atoms in total. The Morgan fingerprint density at radius 3 is 2.68 bits per heavy atom. The first-order chi connectivity index (χ1) is 9.08. The van der Waals surface area contributed by atoms with E-state index in [1.54, 1.807) is 0 Å². The molecule has 1 saturated heterocycles. The molecule has 2 rings (SSSR count). The number of nitrogens with zero attached hydrogens (tertiary/aromatic N) is 1. The largest absolute Gasteiger partial charge is 0.392 e. The Labute approximate surface area is 116 Å². The highest BCUT2D eigenvalue weighted by atomic mass is 16.3. The summed E-state index contributed by atoms with van der Waals surface area (Å²) in [6.45, 7) is 5.75. The highest BCUT2D eigenvalue weighted by Crippen LogP contribution is 2.24. The van der Waals surface area contributed by atoms with Gasteiger partial charge in [-0.05, 0) is 45.1 Å². The molecular formula is C15H28N2O2. The first-order valence-corrected chi connectivity index (χ1v) is 7.80. The smallest absolute Gasteiger partial charge is 0.237 e. The lowest BCUT2D eigenvalue weighted by Crippen LogP contribution is -2.53. The zero-order valence-corrected chi connectivity index (χ0v) is 12.3. The summed E-state index contributed by atoms with van der Waals surface area (Å²) >= 11 is 0. The molecular weight excluding hydrogens is 240 g/mol. The van der Waals surface area contributed by atoms with Crippen LogP contribution in [0.3, 0.4) is 0 Å². The quantitative estimate of drug-likeness (QED) is 0.816. The van der Waals surface area contributed by atoms with Gasteiger partial charge in [0.2, 0.25) is 5.91 Å². The lowest BCUT2D eigenvalue weighted by molar-refractivity contribution is -0.128. The first-order valence-electron chi connectivity index (χ1n) is 7.80. The molecule has 0 aromatic rings. The number of hydrogen-bond donors (Lipinski definition) is 2. The van der Waals surface area contributed by atoms with Crippen molar-refractivity contribution in [3.63, 3.8) is 0 Å². The summed E-state index contributed by atoms with van der Waals surface area (Å²) in [7, 11) is 0. The molecule has 2 fully saturated rings. The molecule has 4 unspecified atom stereocenters. The van der Waals surface area contributed by atoms with Crippen molar-refractivity contribution in [2.45, 2.75) is 70.6 Å². The molecule has 1 amide bonds. The van der Waals surface area contributed by atoms with Crippen LogP contribution in [0, 0.1) is 5.92 Å². The summed E-state index contributed by atoms with van der Waals surface area (Å²) in [6, 6.07) is 0.225. The minimum atomic E-state index is -0.266. The number of amides is 1. The van der Waals surface area contributed by atoms with Crippen LogP contribution in [0.15, 0.2) is 0 Å². The van der Waals surface area contributed by atoms with Crippen LogP contribution in [0.4, 0.5) is 0 Å². The van der Waals surface area contributed by atoms with Gasteiger partial charge in [0.25, 0.3) is 0 Å². The van der Waals surface area contributed by atoms with Crippen molar-refractivity contribution in [1.82, 2.24) is 10.2 Å². The van der Waals surface area contributed by atoms with E-state index in [0.29, 0.717) is 18.5 Å². The highest BCUT2D eigenvalue weighted by molar-refractivity contribution is 5.81. The fourth-order valence-corrected chi connectivity index (χ4v) is 3.33. The van der Waals surface area contributed by atoms with E-state index in [9.17, 15) is 9.90 Å². The molecule has 2 aliphatic rings. The zero-order chi connectivity index (χ0) is 13.8. The van der Waals surface area contributed by atoms with E-state index in [-0.39, 0.29) is 18.1 Å². The van der Waals surface area contributed by atoms with Crippen molar-refractivity contribution in [2.24, 2.45) is 5.92 Å². The van der Waals surface area contributed by atoms with Gasteiger partial charge in [-0.2, -0.15) is 0 Å². The Morgan fingerprint density at radius 2 is 2.00 bits per heavy atom. The number of piperidine rings is 1. The normalized spacial score (nSPS) is 34.8. The molecule has 2 N–H and O–H groups in total. The molecule has 0 spiro atoms. The number of aliphatic hydroxyl groups is 1. The number of rotatable bonds is 3. The van der Waals surface area contributed by atoms with Crippen LogP contribution in [0.1, 0.15) is 52.4 Å². The fraction of sp³-hybridized carbons (Fsp3) is 0.933. The molecule has 0 bridgehead atoms. The number of nitrogens with one attached hydrogen (secondary N) is 1. The summed E-state index contributed by atoms with van der Waals surface area (Å²) in [5, 5.41) is 12.9. The van der Waals surface area contributed by atoms with Crippen LogP contribution in [-0.2, 0) is 4.79 Å². The maximum absolute atomic E-state index is 12.3. The summed E-state index contributed by atoms with van der Waals surface area (Å²) in [6.07, 6.45) is 6.44. The van der Waals surface area contributed by atoms with Gasteiger partial charge in [-0.1, -0.05) is 19.8 Å². The van der Waals surface area contributed by atoms with E-state index in [1.807, 2.05) is 6.92 Å². The van der Waals surface area contributed by atoms with Gasteiger partial charge >= 0.3 is 0 Å². The lowest BCUT2D eigenvalue weighted by atomic mass is 9.86. The van der Waals surface area contributed by atoms with Crippen LogP contribution in [0.2, 0.25) is 0 Å². The molecule has 19 heavy (non-hydrogen) atoms. The standard InChI is InChI=1S/C15H28N2O2/c1-11-6-3-4-8-14(11)16-15(19)12(2)17-9-5-7-13(18)10-17/h11-14,18H,3-10H2,1-2H3,(H,16,19). The first kappa shape index (κ1) is 14.8. The van der Waals surface area contributed by atoms with Crippen LogP contribution in [0.5, 0.6) is 0 Å². The van der Waals surface area contributed by atoms with E-state index in [2.05, 4.69) is 17.1 Å². The van der Waals surface area contributed by atoms with Crippen molar-refractivity contribution in [2.75, 3.05) is 13.1 Å². The number of hydrogen-bond acceptors (Lipinski definition) is 3. The number of β-amino-alcohol motifs (C(OH)–C–C–N with tert-alkyl or cyclic N) is 1. The van der Waals surface area contributed by atoms with Gasteiger partial charge in [-0.15, -0.1) is 0 Å². The molecule has 0 aromatic carbocycles. The molecule has 0 radical (unpaired) electrons. The van der Waals surface area contributed by atoms with Gasteiger partial charge in [0, 0.05) is 12.6 Å². The average Bonchev–Trinajstić information content (AvgIpc) is 2.40. The third-order valence-corrected chi connectivity index (χ3v) is 4.79. The summed E-state index contributed by atoms with van der Waals surface area (Å²) in [5.41, 5.74) is 0. The molecule has 1 aliphatic carbocycles. The number of carbonyl (C=O) groups is 1. The third kappa shape index (κ3) is 3.93. The molecule has 1 saturated carbocycles. The van der Waals surface area contributed by atoms with Crippen molar-refractivity contribution >= 4 is 5.91 Å². The maximum atomic E-state index is 12.3. The Bertz CT molecular complexity index is 309. The number of likely N-dealkylation sites (tertiary alicyclic amines) is 1. The predicted octanol–water partition coefficient (Wildman–Crippen LogP) is 1.53. The number of aliphatic hydroxyl groups excluding tert-OH is 1. The van der Waals surface area contributed by atoms with Crippen LogP contribution in [0.25, 0.3) is 0 Å². The van der Waals surface area contributed by atoms with Crippen LogP contribution < -0.4 is 5.32 Å². The monoisotopic (exact) mass is 268 g/mol. The number of carbonyl (C=O) groups excluding carboxylic acids is 1. The maximum Gasteiger partial charge on any atom is 0.237 e. The van der Waals surface area contributed by atoms with Gasteiger partial charge < -0.3 is 10.4 Å². The Hall–Kier alpha value is -0.610. The van der Waals surface area contributed by atoms with Gasteiger partial charge in [0.1, 0.15) is 0 Å². The van der Waals surface area contributed by atoms with Gasteiger partial charge in [0.05, 0.1) is 12.1 Å². The van der Waals surface area contributed by atoms with E-state index in [0.717, 1.165) is 25.8 Å². The second kappa shape index (κ2) is 6.71. The second-order valence-corrected chi connectivity index (χ2v) is 6.34. The summed E-state index contributed by atoms with van der Waals surface area (Å²) in [5.74, 6) is 0.727.